The van der Waals surface area contributed by atoms with Crippen molar-refractivity contribution < 1.29 is 33.8 Å². The fourth-order valence-corrected chi connectivity index (χ4v) is 10.4. The summed E-state index contributed by atoms with van der Waals surface area (Å²) in [5.41, 5.74) is 10.4. The minimum atomic E-state index is -1.19. The van der Waals surface area contributed by atoms with Crippen molar-refractivity contribution in [1.29, 1.82) is 0 Å². The number of carbonyl (C=O) groups is 5. The van der Waals surface area contributed by atoms with Gasteiger partial charge < -0.3 is 39.7 Å². The van der Waals surface area contributed by atoms with Gasteiger partial charge in [-0.05, 0) is 112 Å². The van der Waals surface area contributed by atoms with Crippen LogP contribution in [-0.2, 0) is 49.8 Å². The Morgan fingerprint density at radius 1 is 1.01 bits per heavy atom. The number of hydrogen-bond acceptors (Lipinski definition) is 12. The van der Waals surface area contributed by atoms with E-state index in [0.717, 1.165) is 56.7 Å². The average Bonchev–Trinajstić information content (AvgIpc) is 3.90. The molecule has 2 aliphatic rings. The number of carbonyl (C=O) groups excluding carboxylic acids is 5. The van der Waals surface area contributed by atoms with Gasteiger partial charge in [0.1, 0.15) is 29.7 Å². The molecule has 16 nitrogen and oxygen atoms in total. The summed E-state index contributed by atoms with van der Waals surface area (Å²) in [6.45, 7) is 12.4. The molecule has 0 spiro atoms. The highest BCUT2D eigenvalue weighted by Gasteiger charge is 2.38. The SMILES string of the molecule is CCn1c(-c2ccccc2CN(C)C)c2c3cc(ccc31)-c1cc(O)cc(c1)C[C@H](NC(=O)[C@H](C(C)C)N(C)C(=O)c1nc(NC(=O)/C=C/CN(C)C)cs1)C(=O)N1CCC[C@H](N1)C(=O)OCC(C)(C)C2. The second-order valence-corrected chi connectivity index (χ2v) is 21.3. The van der Waals surface area contributed by atoms with Crippen molar-refractivity contribution in [2.45, 2.75) is 91.5 Å². The number of esters is 1. The topological polar surface area (TPSA) is 182 Å². The number of nitrogens with zero attached hydrogens (tertiary/aromatic N) is 6. The summed E-state index contributed by atoms with van der Waals surface area (Å²) in [7, 11) is 9.41. The van der Waals surface area contributed by atoms with Crippen molar-refractivity contribution in [3.05, 3.63) is 99.9 Å². The van der Waals surface area contributed by atoms with E-state index in [1.165, 1.54) is 28.6 Å². The Kier molecular flexibility index (Phi) is 16.5. The molecule has 378 valence electrons. The number of aryl methyl sites for hydroxylation is 1. The molecule has 0 unspecified atom stereocenters. The summed E-state index contributed by atoms with van der Waals surface area (Å²) in [6, 6.07) is 17.0. The Balaban J connectivity index is 1.26. The van der Waals surface area contributed by atoms with Gasteiger partial charge in [-0.2, -0.15) is 0 Å². The Bertz CT molecular complexity index is 2810. The lowest BCUT2D eigenvalue weighted by molar-refractivity contribution is -0.155. The highest BCUT2D eigenvalue weighted by molar-refractivity contribution is 7.12. The zero-order chi connectivity index (χ0) is 51.3. The van der Waals surface area contributed by atoms with E-state index in [1.807, 2.05) is 31.1 Å². The first-order chi connectivity index (χ1) is 33.7. The summed E-state index contributed by atoms with van der Waals surface area (Å²) in [4.78, 5) is 79.6. The number of phenols is 1. The van der Waals surface area contributed by atoms with Crippen LogP contribution in [0.25, 0.3) is 33.3 Å². The molecule has 17 heteroatoms. The molecule has 2 aliphatic heterocycles. The van der Waals surface area contributed by atoms with Crippen molar-refractivity contribution in [3.63, 3.8) is 0 Å². The van der Waals surface area contributed by atoms with E-state index in [1.54, 1.807) is 37.4 Å². The van der Waals surface area contributed by atoms with Crippen LogP contribution in [0, 0.1) is 11.3 Å². The largest absolute Gasteiger partial charge is 0.508 e. The molecule has 4 heterocycles. The van der Waals surface area contributed by atoms with Crippen LogP contribution in [0.3, 0.4) is 0 Å². The van der Waals surface area contributed by atoms with Crippen LogP contribution < -0.4 is 16.1 Å². The van der Waals surface area contributed by atoms with Crippen molar-refractivity contribution >= 4 is 57.7 Å². The lowest BCUT2D eigenvalue weighted by Crippen LogP contribution is -2.62. The molecular weight excluding hydrogens is 919 g/mol. The second kappa shape index (κ2) is 22.4. The third-order valence-corrected chi connectivity index (χ3v) is 13.8. The van der Waals surface area contributed by atoms with Crippen LogP contribution in [-0.4, -0.2) is 137 Å². The Morgan fingerprint density at radius 2 is 1.77 bits per heavy atom. The fraction of sp³-hybridized carbons (Fsp3) is 0.444. The van der Waals surface area contributed by atoms with Gasteiger partial charge in [-0.1, -0.05) is 70.2 Å². The molecule has 5 aromatic rings. The molecule has 0 aliphatic carbocycles. The number of rotatable bonds is 13. The summed E-state index contributed by atoms with van der Waals surface area (Å²) >= 11 is 1.04. The lowest BCUT2D eigenvalue weighted by atomic mass is 9.84. The Labute approximate surface area is 421 Å². The first kappa shape index (κ1) is 52.4. The number of hydrazine groups is 1. The summed E-state index contributed by atoms with van der Waals surface area (Å²) in [5.74, 6) is -2.70. The van der Waals surface area contributed by atoms with E-state index in [0.29, 0.717) is 37.9 Å². The Morgan fingerprint density at radius 3 is 2.49 bits per heavy atom. The summed E-state index contributed by atoms with van der Waals surface area (Å²) in [6.07, 6.45) is 4.61. The van der Waals surface area contributed by atoms with Crippen molar-refractivity contribution in [2.75, 3.05) is 60.3 Å². The molecule has 4 N–H and O–H groups in total. The van der Waals surface area contributed by atoms with E-state index < -0.39 is 59.1 Å². The molecule has 2 aromatic heterocycles. The van der Waals surface area contributed by atoms with Crippen molar-refractivity contribution in [3.8, 4) is 28.1 Å². The number of hydrogen-bond donors (Lipinski definition) is 4. The molecule has 0 saturated carbocycles. The quantitative estimate of drug-likeness (QED) is 0.0727. The highest BCUT2D eigenvalue weighted by Crippen LogP contribution is 2.42. The maximum atomic E-state index is 14.8. The molecular formula is C54H69N9O7S. The van der Waals surface area contributed by atoms with Gasteiger partial charge in [-0.15, -0.1) is 11.3 Å². The number of thiazole rings is 1. The van der Waals surface area contributed by atoms with Crippen LogP contribution in [0.5, 0.6) is 5.75 Å². The van der Waals surface area contributed by atoms with Gasteiger partial charge in [0.15, 0.2) is 5.01 Å². The number of nitrogens with one attached hydrogen (secondary N) is 3. The zero-order valence-corrected chi connectivity index (χ0v) is 43.5. The normalized spacial score (nSPS) is 18.0. The number of aromatic nitrogens is 2. The maximum Gasteiger partial charge on any atom is 0.324 e. The fourth-order valence-electron chi connectivity index (χ4n) is 9.67. The molecule has 1 saturated heterocycles. The lowest BCUT2D eigenvalue weighted by Gasteiger charge is -2.36. The minimum Gasteiger partial charge on any atom is -0.508 e. The van der Waals surface area contributed by atoms with Gasteiger partial charge in [0.2, 0.25) is 11.8 Å². The van der Waals surface area contributed by atoms with Gasteiger partial charge in [0.25, 0.3) is 11.8 Å². The molecule has 4 amide bonds. The van der Waals surface area contributed by atoms with Crippen molar-refractivity contribution in [2.24, 2.45) is 11.3 Å². The van der Waals surface area contributed by atoms with E-state index in [4.69, 9.17) is 4.74 Å². The standard InChI is InChI=1S/C54H69N9O7S/c1-11-62-44-21-20-35-28-40(44)41(48(62)39-17-13-12-16-36(39)30-60(8)9)29-54(4,5)32-70-53(69)42-18-14-23-63(58-42)51(67)43(26-34-24-37(35)27-38(64)25-34)55-49(66)47(33(2)3)61(10)52(68)50-57-45(31-71-50)56-46(65)19-15-22-59(6)7/h12-13,15-17,19-21,24-25,27-28,31,33,42-43,47,58,64H,11,14,18,22-23,26,29-30,32H2,1-10H3,(H,55,66)(H,56,65)/b19-15+/t42-,43-,47-/m0/s1. The number of ether oxygens (including phenoxy) is 1. The number of benzene rings is 3. The number of fused-ring (bicyclic) bond motifs is 6. The molecule has 0 radical (unpaired) electrons. The third-order valence-electron chi connectivity index (χ3n) is 12.9. The van der Waals surface area contributed by atoms with E-state index in [2.05, 4.69) is 102 Å². The van der Waals surface area contributed by atoms with Crippen LogP contribution in [0.15, 0.2) is 78.2 Å². The third kappa shape index (κ3) is 12.4. The van der Waals surface area contributed by atoms with Gasteiger partial charge in [-0.3, -0.25) is 29.0 Å². The average molecular weight is 988 g/mol. The van der Waals surface area contributed by atoms with Crippen LogP contribution in [0.4, 0.5) is 5.82 Å². The monoisotopic (exact) mass is 988 g/mol. The molecule has 71 heavy (non-hydrogen) atoms. The van der Waals surface area contributed by atoms with Gasteiger partial charge in [0.05, 0.1) is 12.3 Å². The van der Waals surface area contributed by atoms with Crippen molar-refractivity contribution in [1.82, 2.24) is 40.0 Å². The smallest absolute Gasteiger partial charge is 0.324 e. The number of likely N-dealkylation sites (N-methyl/N-ethyl adjacent to an activating group) is 2. The summed E-state index contributed by atoms with van der Waals surface area (Å²) in [5, 5.41) is 21.1. The van der Waals surface area contributed by atoms with Crippen LogP contribution in [0.1, 0.15) is 74.0 Å². The minimum absolute atomic E-state index is 0.0109. The maximum absolute atomic E-state index is 14.8. The van der Waals surface area contributed by atoms with Gasteiger partial charge in [-0.25, -0.2) is 10.4 Å². The number of anilines is 1. The second-order valence-electron chi connectivity index (χ2n) is 20.4. The first-order valence-electron chi connectivity index (χ1n) is 24.3. The number of cyclic esters (lactones) is 1. The van der Waals surface area contributed by atoms with Gasteiger partial charge >= 0.3 is 5.97 Å². The van der Waals surface area contributed by atoms with E-state index in [9.17, 15) is 29.1 Å². The Hall–Kier alpha value is -6.40. The van der Waals surface area contributed by atoms with E-state index >= 15 is 0 Å². The molecule has 1 fully saturated rings. The molecule has 7 rings (SSSR count). The van der Waals surface area contributed by atoms with Gasteiger partial charge in [0, 0.05) is 73.0 Å². The summed E-state index contributed by atoms with van der Waals surface area (Å²) < 4.78 is 8.50. The van der Waals surface area contributed by atoms with E-state index in [-0.39, 0.29) is 36.1 Å². The number of phenolic OH excluding ortho intramolecular Hbond substituents is 1. The molecule has 6 bridgehead atoms. The van der Waals surface area contributed by atoms with Crippen LogP contribution >= 0.6 is 11.3 Å². The number of amides is 4. The highest BCUT2D eigenvalue weighted by atomic mass is 32.1. The predicted molar refractivity (Wildman–Crippen MR) is 279 cm³/mol. The van der Waals surface area contributed by atoms with Crippen LogP contribution in [0.2, 0.25) is 0 Å². The number of aromatic hydroxyl groups is 1. The molecule has 3 aromatic carbocycles. The zero-order valence-electron chi connectivity index (χ0n) is 42.7. The first-order valence-corrected chi connectivity index (χ1v) is 25.2. The molecule has 3 atom stereocenters. The predicted octanol–water partition coefficient (Wildman–Crippen LogP) is 6.72.